The molecule has 0 radical (unpaired) electrons. The molecule has 182 valence electrons. The van der Waals surface area contributed by atoms with Crippen molar-refractivity contribution < 1.29 is 32.4 Å². The Kier molecular flexibility index (Phi) is 8.25. The number of hydrogen-bond donors (Lipinski definition) is 0. The molecule has 6 nitrogen and oxygen atoms in total. The molecule has 0 aliphatic rings. The highest BCUT2D eigenvalue weighted by Gasteiger charge is 2.38. The van der Waals surface area contributed by atoms with Crippen molar-refractivity contribution in [1.82, 2.24) is 0 Å². The second kappa shape index (κ2) is 11.3. The van der Waals surface area contributed by atoms with Crippen molar-refractivity contribution in [3.63, 3.8) is 0 Å². The van der Waals surface area contributed by atoms with E-state index in [-0.39, 0.29) is 17.9 Å². The van der Waals surface area contributed by atoms with E-state index in [1.54, 1.807) is 37.3 Å². The van der Waals surface area contributed by atoms with Crippen molar-refractivity contribution in [2.75, 3.05) is 14.2 Å². The third-order valence-corrected chi connectivity index (χ3v) is 5.13. The Balaban J connectivity index is 1.90. The zero-order valence-corrected chi connectivity index (χ0v) is 19.3. The summed E-state index contributed by atoms with van der Waals surface area (Å²) < 4.78 is 46.1. The third-order valence-electron chi connectivity index (χ3n) is 5.13. The zero-order chi connectivity index (χ0) is 25.4. The van der Waals surface area contributed by atoms with Gasteiger partial charge in [-0.25, -0.2) is 4.79 Å². The number of oxime groups is 2. The average Bonchev–Trinajstić information content (AvgIpc) is 2.85. The number of halogens is 3. The molecule has 0 fully saturated rings. The summed E-state index contributed by atoms with van der Waals surface area (Å²) >= 11 is 0. The van der Waals surface area contributed by atoms with Crippen molar-refractivity contribution in [3.8, 4) is 11.1 Å². The first kappa shape index (κ1) is 25.5. The van der Waals surface area contributed by atoms with Gasteiger partial charge in [0.1, 0.15) is 13.7 Å². The molecule has 0 N–H and O–H groups in total. The second-order valence-corrected chi connectivity index (χ2v) is 7.37. The Bertz CT molecular complexity index is 1220. The molecular weight excluding hydrogens is 461 g/mol. The molecule has 0 aliphatic carbocycles. The lowest BCUT2D eigenvalue weighted by Gasteiger charge is -2.14. The average molecular weight is 484 g/mol. The van der Waals surface area contributed by atoms with Gasteiger partial charge in [-0.05, 0) is 23.6 Å². The van der Waals surface area contributed by atoms with E-state index in [9.17, 15) is 18.0 Å². The smallest absolute Gasteiger partial charge is 0.437 e. The number of ether oxygens (including phenoxy) is 1. The van der Waals surface area contributed by atoms with Gasteiger partial charge in [-0.3, -0.25) is 0 Å². The van der Waals surface area contributed by atoms with Gasteiger partial charge in [0.2, 0.25) is 0 Å². The van der Waals surface area contributed by atoms with Crippen LogP contribution < -0.4 is 0 Å². The van der Waals surface area contributed by atoms with Crippen LogP contribution in [-0.4, -0.2) is 37.8 Å². The van der Waals surface area contributed by atoms with E-state index in [0.29, 0.717) is 16.7 Å². The van der Waals surface area contributed by atoms with Crippen LogP contribution in [0, 0.1) is 6.92 Å². The molecule has 9 heteroatoms. The summed E-state index contributed by atoms with van der Waals surface area (Å²) in [5.41, 5.74) is 1.57. The van der Waals surface area contributed by atoms with Crippen molar-refractivity contribution >= 4 is 17.4 Å². The molecule has 0 amide bonds. The molecule has 0 unspecified atom stereocenters. The summed E-state index contributed by atoms with van der Waals surface area (Å²) in [5, 5.41) is 7.12. The maximum Gasteiger partial charge on any atom is 0.437 e. The van der Waals surface area contributed by atoms with Crippen LogP contribution >= 0.6 is 0 Å². The van der Waals surface area contributed by atoms with Crippen LogP contribution in [0.2, 0.25) is 0 Å². The lowest BCUT2D eigenvalue weighted by Crippen LogP contribution is -2.24. The van der Waals surface area contributed by atoms with Crippen LogP contribution in [0.25, 0.3) is 11.1 Å². The van der Waals surface area contributed by atoms with Crippen LogP contribution in [0.4, 0.5) is 13.2 Å². The molecule has 0 heterocycles. The minimum atomic E-state index is -4.75. The highest BCUT2D eigenvalue weighted by molar-refractivity contribution is 6.43. The van der Waals surface area contributed by atoms with E-state index in [1.807, 2.05) is 30.3 Å². The molecule has 35 heavy (non-hydrogen) atoms. The highest BCUT2D eigenvalue weighted by Crippen LogP contribution is 2.26. The molecular formula is C26H23F3N2O4. The number of nitrogens with zero attached hydrogens (tertiary/aromatic N) is 2. The normalized spacial score (nSPS) is 12.3. The van der Waals surface area contributed by atoms with Gasteiger partial charge in [0, 0.05) is 16.7 Å². The zero-order valence-electron chi connectivity index (χ0n) is 19.3. The van der Waals surface area contributed by atoms with Crippen LogP contribution in [-0.2, 0) is 25.8 Å². The number of carbonyl (C=O) groups is 1. The molecule has 0 bridgehead atoms. The van der Waals surface area contributed by atoms with Crippen LogP contribution in [0.15, 0.2) is 83.1 Å². The van der Waals surface area contributed by atoms with Gasteiger partial charge >= 0.3 is 12.1 Å². The van der Waals surface area contributed by atoms with Crippen LogP contribution in [0.1, 0.15) is 22.3 Å². The number of benzene rings is 3. The minimum absolute atomic E-state index is 0.140. The number of carbonyl (C=O) groups excluding carboxylic acids is 1. The first-order valence-electron chi connectivity index (χ1n) is 10.5. The fourth-order valence-electron chi connectivity index (χ4n) is 3.38. The number of hydrogen-bond acceptors (Lipinski definition) is 6. The number of esters is 1. The summed E-state index contributed by atoms with van der Waals surface area (Å²) in [6.07, 6.45) is -4.75. The van der Waals surface area contributed by atoms with Gasteiger partial charge in [-0.1, -0.05) is 83.1 Å². The molecule has 3 aromatic rings. The van der Waals surface area contributed by atoms with Crippen molar-refractivity contribution in [1.29, 1.82) is 0 Å². The number of aryl methyl sites for hydroxylation is 1. The standard InChI is InChI=1S/C26H23F3N2O4/c1-17-8-7-11-21(23(30-34-3)25(32)33-2)22(17)16-35-31-24(26(27,28)29)20-14-12-19(13-15-20)18-9-5-4-6-10-18/h4-15H,16H2,1-3H3/b30-23+,31-24-. The van der Waals surface area contributed by atoms with E-state index in [0.717, 1.165) is 11.1 Å². The van der Waals surface area contributed by atoms with Gasteiger partial charge in [0.05, 0.1) is 7.11 Å². The van der Waals surface area contributed by atoms with Crippen LogP contribution in [0.3, 0.4) is 0 Å². The molecule has 3 aromatic carbocycles. The Morgan fingerprint density at radius 2 is 1.51 bits per heavy atom. The lowest BCUT2D eigenvalue weighted by atomic mass is 9.99. The van der Waals surface area contributed by atoms with Gasteiger partial charge in [0.25, 0.3) is 0 Å². The van der Waals surface area contributed by atoms with Gasteiger partial charge < -0.3 is 14.4 Å². The first-order valence-corrected chi connectivity index (χ1v) is 10.5. The maximum absolute atomic E-state index is 13.8. The van der Waals surface area contributed by atoms with E-state index >= 15 is 0 Å². The summed E-state index contributed by atoms with van der Waals surface area (Å²) in [5.74, 6) is -0.767. The lowest BCUT2D eigenvalue weighted by molar-refractivity contribution is -0.132. The van der Waals surface area contributed by atoms with Gasteiger partial charge in [0.15, 0.2) is 11.4 Å². The molecule has 3 rings (SSSR count). The largest absolute Gasteiger partial charge is 0.464 e. The molecule has 0 saturated heterocycles. The van der Waals surface area contributed by atoms with E-state index in [2.05, 4.69) is 10.3 Å². The number of alkyl halides is 3. The number of methoxy groups -OCH3 is 1. The predicted molar refractivity (Wildman–Crippen MR) is 126 cm³/mol. The Morgan fingerprint density at radius 3 is 2.11 bits per heavy atom. The van der Waals surface area contributed by atoms with Crippen molar-refractivity contribution in [2.24, 2.45) is 10.3 Å². The fourth-order valence-corrected chi connectivity index (χ4v) is 3.38. The van der Waals surface area contributed by atoms with Gasteiger partial charge in [-0.15, -0.1) is 0 Å². The van der Waals surface area contributed by atoms with E-state index < -0.39 is 17.9 Å². The number of rotatable bonds is 8. The topological polar surface area (TPSA) is 69.5 Å². The third kappa shape index (κ3) is 6.26. The second-order valence-electron chi connectivity index (χ2n) is 7.37. The van der Waals surface area contributed by atoms with E-state index in [1.165, 1.54) is 26.4 Å². The molecule has 0 saturated carbocycles. The van der Waals surface area contributed by atoms with Crippen LogP contribution in [0.5, 0.6) is 0 Å². The van der Waals surface area contributed by atoms with Gasteiger partial charge in [-0.2, -0.15) is 13.2 Å². The Morgan fingerprint density at radius 1 is 0.857 bits per heavy atom. The first-order chi connectivity index (χ1) is 16.8. The quantitative estimate of drug-likeness (QED) is 0.235. The summed E-state index contributed by atoms with van der Waals surface area (Å²) in [6.45, 7) is 1.38. The van der Waals surface area contributed by atoms with E-state index in [4.69, 9.17) is 14.4 Å². The predicted octanol–water partition coefficient (Wildman–Crippen LogP) is 5.67. The Labute approximate surface area is 200 Å². The molecule has 0 atom stereocenters. The Hall–Kier alpha value is -4.14. The summed E-state index contributed by atoms with van der Waals surface area (Å²) in [7, 11) is 2.44. The molecule has 0 aliphatic heterocycles. The van der Waals surface area contributed by atoms with Crippen molar-refractivity contribution in [2.45, 2.75) is 19.7 Å². The minimum Gasteiger partial charge on any atom is -0.464 e. The van der Waals surface area contributed by atoms with Crippen molar-refractivity contribution in [3.05, 3.63) is 95.1 Å². The summed E-state index contributed by atoms with van der Waals surface area (Å²) in [4.78, 5) is 22.0. The fraction of sp³-hybridized carbons (Fsp3) is 0.192. The molecule has 0 aromatic heterocycles. The SMILES string of the molecule is CO/N=C(/C(=O)OC)c1cccc(C)c1CO/N=C(/c1ccc(-c2ccccc2)cc1)C(F)(F)F. The highest BCUT2D eigenvalue weighted by atomic mass is 19.4. The summed E-state index contributed by atoms with van der Waals surface area (Å²) in [6, 6.07) is 20.1. The molecule has 0 spiro atoms. The monoisotopic (exact) mass is 484 g/mol. The maximum atomic E-state index is 13.8.